The van der Waals surface area contributed by atoms with Gasteiger partial charge in [-0.15, -0.1) is 0 Å². The lowest BCUT2D eigenvalue weighted by molar-refractivity contribution is -0.259. The lowest BCUT2D eigenvalue weighted by Crippen LogP contribution is -2.67. The van der Waals surface area contributed by atoms with Crippen LogP contribution in [-0.2, 0) is 38.8 Å². The summed E-state index contributed by atoms with van der Waals surface area (Å²) in [5, 5.41) is 12.4. The number of hydrogen-bond acceptors (Lipinski definition) is 7. The number of ketones is 1. The average molecular weight is 697 g/mol. The molecule has 0 spiro atoms. The van der Waals surface area contributed by atoms with Crippen molar-refractivity contribution in [2.45, 2.75) is 61.0 Å². The Balaban J connectivity index is 1.43. The van der Waals surface area contributed by atoms with Crippen LogP contribution in [0, 0.1) is 18.6 Å². The summed E-state index contributed by atoms with van der Waals surface area (Å²) in [5.41, 5.74) is 3.03. The average Bonchev–Trinajstić information content (AvgIpc) is 3.14. The Hall–Kier alpha value is -4.22. The van der Waals surface area contributed by atoms with Gasteiger partial charge in [0.1, 0.15) is 36.1 Å². The molecule has 6 nitrogen and oxygen atoms in total. The quantitative estimate of drug-likeness (QED) is 0.118. The second-order valence-electron chi connectivity index (χ2n) is 12.2. The fourth-order valence-corrected chi connectivity index (χ4v) is 7.10. The van der Waals surface area contributed by atoms with Crippen LogP contribution < -0.4 is 0 Å². The molecule has 0 bridgehead atoms. The van der Waals surface area contributed by atoms with Gasteiger partial charge in [-0.2, -0.15) is 0 Å². The van der Waals surface area contributed by atoms with E-state index in [0.29, 0.717) is 4.90 Å². The molecule has 5 aromatic carbocycles. The smallest absolute Gasteiger partial charge is 0.211 e. The number of Topliss-reactive ketones (excluding diaryl/α,β-unsaturated/α-hetero) is 1. The summed E-state index contributed by atoms with van der Waals surface area (Å²) in [6, 6.07) is 38.4. The van der Waals surface area contributed by atoms with Gasteiger partial charge in [0.05, 0.1) is 32.0 Å². The second-order valence-corrected chi connectivity index (χ2v) is 13.4. The minimum atomic E-state index is -2.20. The van der Waals surface area contributed by atoms with Crippen molar-refractivity contribution in [1.82, 2.24) is 0 Å². The van der Waals surface area contributed by atoms with Crippen LogP contribution in [0.5, 0.6) is 0 Å². The number of ether oxygens (including phenoxy) is 4. The summed E-state index contributed by atoms with van der Waals surface area (Å²) >= 11 is 0.920. The van der Waals surface area contributed by atoms with E-state index >= 15 is 4.39 Å². The standard InChI is InChI=1S/C41H38F2O6S/c1-28-17-20-33(21-18-28)50-41(39(44)34-23-32(42)19-22-35(34)43)40(45)38(48-26-31-15-9-4-10-16-31)37(47-25-30-13-7-3-8-14-30)36(49-41)27-46-24-29-11-5-2-6-12-29/h2-23,36-38,40,45H,24-27H2,1H3/t36-,37-,38+,40+,41-/m1/s1. The molecule has 5 aromatic rings. The van der Waals surface area contributed by atoms with Gasteiger partial charge in [0.15, 0.2) is 0 Å². The summed E-state index contributed by atoms with van der Waals surface area (Å²) in [6.07, 6.45) is -4.82. The highest BCUT2D eigenvalue weighted by Crippen LogP contribution is 2.47. The molecule has 0 aromatic heterocycles. The van der Waals surface area contributed by atoms with Gasteiger partial charge in [-0.1, -0.05) is 120 Å². The Morgan fingerprint density at radius 3 is 1.86 bits per heavy atom. The van der Waals surface area contributed by atoms with Gasteiger partial charge in [0.2, 0.25) is 10.7 Å². The predicted molar refractivity (Wildman–Crippen MR) is 187 cm³/mol. The molecule has 0 amide bonds. The first kappa shape index (κ1) is 35.6. The van der Waals surface area contributed by atoms with Crippen LogP contribution in [0.15, 0.2) is 138 Å². The topological polar surface area (TPSA) is 74.2 Å². The Kier molecular flexibility index (Phi) is 11.9. The minimum Gasteiger partial charge on any atom is -0.386 e. The number of carbonyl (C=O) groups is 1. The van der Waals surface area contributed by atoms with Crippen LogP contribution >= 0.6 is 11.8 Å². The molecule has 1 saturated heterocycles. The zero-order valence-corrected chi connectivity index (χ0v) is 28.3. The van der Waals surface area contributed by atoms with E-state index in [9.17, 15) is 14.3 Å². The van der Waals surface area contributed by atoms with E-state index in [-0.39, 0.29) is 26.4 Å². The molecule has 6 rings (SSSR count). The lowest BCUT2D eigenvalue weighted by Gasteiger charge is -2.50. The third-order valence-electron chi connectivity index (χ3n) is 8.46. The van der Waals surface area contributed by atoms with Crippen molar-refractivity contribution in [3.05, 3.63) is 173 Å². The Morgan fingerprint density at radius 1 is 0.740 bits per heavy atom. The van der Waals surface area contributed by atoms with Crippen LogP contribution in [0.3, 0.4) is 0 Å². The minimum absolute atomic E-state index is 0.0681. The van der Waals surface area contributed by atoms with E-state index in [0.717, 1.165) is 52.2 Å². The van der Waals surface area contributed by atoms with E-state index in [1.54, 1.807) is 12.1 Å². The molecule has 1 aliphatic rings. The summed E-state index contributed by atoms with van der Waals surface area (Å²) in [6.45, 7) is 2.30. The molecule has 0 unspecified atom stereocenters. The van der Waals surface area contributed by atoms with Gasteiger partial charge in [0, 0.05) is 4.90 Å². The number of halogens is 2. The number of benzene rings is 5. The van der Waals surface area contributed by atoms with E-state index in [4.69, 9.17) is 18.9 Å². The van der Waals surface area contributed by atoms with Crippen molar-refractivity contribution in [2.75, 3.05) is 6.61 Å². The maximum absolute atomic E-state index is 15.4. The molecule has 1 aliphatic heterocycles. The summed E-state index contributed by atoms with van der Waals surface area (Å²) in [4.78, 5) is 13.0. The number of aliphatic hydroxyl groups is 1. The van der Waals surface area contributed by atoms with Crippen molar-refractivity contribution in [3.63, 3.8) is 0 Å². The molecule has 0 aliphatic carbocycles. The largest absolute Gasteiger partial charge is 0.386 e. The van der Waals surface area contributed by atoms with E-state index in [1.165, 1.54) is 0 Å². The van der Waals surface area contributed by atoms with Crippen molar-refractivity contribution in [3.8, 4) is 0 Å². The first-order valence-corrected chi connectivity index (χ1v) is 17.2. The van der Waals surface area contributed by atoms with E-state index in [1.807, 2.05) is 110 Å². The number of aliphatic hydroxyl groups excluding tert-OH is 1. The molecule has 5 atom stereocenters. The number of thioether (sulfide) groups is 1. The van der Waals surface area contributed by atoms with Crippen molar-refractivity contribution in [1.29, 1.82) is 0 Å². The molecule has 0 saturated carbocycles. The van der Waals surface area contributed by atoms with E-state index in [2.05, 4.69) is 0 Å². The van der Waals surface area contributed by atoms with Crippen LogP contribution in [0.4, 0.5) is 8.78 Å². The Bertz CT molecular complexity index is 1830. The number of carbonyl (C=O) groups excluding carboxylic acids is 1. The molecule has 1 fully saturated rings. The first-order valence-electron chi connectivity index (χ1n) is 16.4. The maximum atomic E-state index is 15.4. The summed E-state index contributed by atoms with van der Waals surface area (Å²) < 4.78 is 55.8. The molecule has 1 N–H and O–H groups in total. The van der Waals surface area contributed by atoms with Gasteiger partial charge < -0.3 is 24.1 Å². The molecule has 9 heteroatoms. The highest BCUT2D eigenvalue weighted by molar-refractivity contribution is 8.01. The molecular formula is C41H38F2O6S. The first-order chi connectivity index (χ1) is 24.3. The zero-order valence-electron chi connectivity index (χ0n) is 27.5. The summed E-state index contributed by atoms with van der Waals surface area (Å²) in [7, 11) is 0. The third-order valence-corrected chi connectivity index (χ3v) is 9.80. The van der Waals surface area contributed by atoms with Crippen molar-refractivity contribution < 1.29 is 37.6 Å². The monoisotopic (exact) mass is 696 g/mol. The highest BCUT2D eigenvalue weighted by atomic mass is 32.2. The van der Waals surface area contributed by atoms with Gasteiger partial charge in [-0.05, 0) is 53.9 Å². The molecule has 1 heterocycles. The van der Waals surface area contributed by atoms with Crippen LogP contribution in [0.1, 0.15) is 32.6 Å². The molecular weight excluding hydrogens is 659 g/mol. The maximum Gasteiger partial charge on any atom is 0.211 e. The Morgan fingerprint density at radius 2 is 1.28 bits per heavy atom. The number of rotatable bonds is 14. The van der Waals surface area contributed by atoms with Gasteiger partial charge in [-0.3, -0.25) is 4.79 Å². The van der Waals surface area contributed by atoms with Crippen LogP contribution in [0.25, 0.3) is 0 Å². The fourth-order valence-electron chi connectivity index (χ4n) is 5.85. The predicted octanol–water partition coefficient (Wildman–Crippen LogP) is 8.09. The zero-order chi connectivity index (χ0) is 34.9. The summed E-state index contributed by atoms with van der Waals surface area (Å²) in [5.74, 6) is -2.70. The van der Waals surface area contributed by atoms with Gasteiger partial charge >= 0.3 is 0 Å². The van der Waals surface area contributed by atoms with E-state index < -0.39 is 52.3 Å². The SMILES string of the molecule is Cc1ccc(S[C@@]2(C(=O)c3cc(F)ccc3F)O[C@H](COCc3ccccc3)[C@@H](OCc3ccccc3)[C@H](OCc3ccccc3)[C@@H]2O)cc1. The van der Waals surface area contributed by atoms with Crippen LogP contribution in [-0.4, -0.2) is 46.8 Å². The number of hydrogen-bond donors (Lipinski definition) is 1. The lowest BCUT2D eigenvalue weighted by atomic mass is 9.89. The highest BCUT2D eigenvalue weighted by Gasteiger charge is 2.60. The number of aryl methyl sites for hydroxylation is 1. The van der Waals surface area contributed by atoms with Gasteiger partial charge in [-0.25, -0.2) is 8.78 Å². The molecule has 258 valence electrons. The van der Waals surface area contributed by atoms with Crippen LogP contribution in [0.2, 0.25) is 0 Å². The normalized spacial score (nSPS) is 21.9. The fraction of sp³-hybridized carbons (Fsp3) is 0.244. The van der Waals surface area contributed by atoms with Crippen molar-refractivity contribution in [2.24, 2.45) is 0 Å². The van der Waals surface area contributed by atoms with Crippen molar-refractivity contribution >= 4 is 17.5 Å². The third kappa shape index (κ3) is 8.55. The second kappa shape index (κ2) is 16.7. The molecule has 0 radical (unpaired) electrons. The van der Waals surface area contributed by atoms with Gasteiger partial charge in [0.25, 0.3) is 0 Å². The molecule has 50 heavy (non-hydrogen) atoms. The Labute approximate surface area is 295 Å².